The lowest BCUT2D eigenvalue weighted by Crippen LogP contribution is -2.37. The number of benzene rings is 1. The number of primary sulfonamides is 1. The maximum Gasteiger partial charge on any atom is 0.239 e. The summed E-state index contributed by atoms with van der Waals surface area (Å²) >= 11 is 0. The van der Waals surface area contributed by atoms with Crippen LogP contribution >= 0.6 is 0 Å². The standard InChI is InChI=1S/C14H22FN3O3S/c1-9(2)6-10(3)18-14(19)8-17-13-5-4-11(7-12(13)15)22(16,20)21/h4-5,7,9-10,17H,6,8H2,1-3H3,(H,18,19)(H2,16,20,21)/t10-/m0/s1. The topological polar surface area (TPSA) is 101 Å². The van der Waals surface area contributed by atoms with Gasteiger partial charge in [-0.1, -0.05) is 13.8 Å². The highest BCUT2D eigenvalue weighted by Gasteiger charge is 2.13. The summed E-state index contributed by atoms with van der Waals surface area (Å²) in [4.78, 5) is 11.4. The van der Waals surface area contributed by atoms with E-state index in [1.807, 2.05) is 6.92 Å². The summed E-state index contributed by atoms with van der Waals surface area (Å²) in [5.41, 5.74) is 0.0408. The largest absolute Gasteiger partial charge is 0.374 e. The summed E-state index contributed by atoms with van der Waals surface area (Å²) in [6.45, 7) is 5.92. The summed E-state index contributed by atoms with van der Waals surface area (Å²) in [6.07, 6.45) is 0.850. The molecule has 1 aromatic rings. The molecule has 0 aromatic heterocycles. The van der Waals surface area contributed by atoms with Gasteiger partial charge in [0.2, 0.25) is 15.9 Å². The zero-order chi connectivity index (χ0) is 16.9. The Balaban J connectivity index is 2.60. The van der Waals surface area contributed by atoms with Crippen LogP contribution in [0.15, 0.2) is 23.1 Å². The molecule has 0 aliphatic heterocycles. The van der Waals surface area contributed by atoms with Gasteiger partial charge in [-0.15, -0.1) is 0 Å². The molecule has 1 aromatic carbocycles. The van der Waals surface area contributed by atoms with E-state index in [9.17, 15) is 17.6 Å². The average molecular weight is 331 g/mol. The van der Waals surface area contributed by atoms with Gasteiger partial charge < -0.3 is 10.6 Å². The molecule has 1 amide bonds. The Morgan fingerprint density at radius 1 is 1.32 bits per heavy atom. The summed E-state index contributed by atoms with van der Waals surface area (Å²) < 4.78 is 35.9. The van der Waals surface area contributed by atoms with E-state index in [1.54, 1.807) is 0 Å². The Morgan fingerprint density at radius 2 is 1.95 bits per heavy atom. The smallest absolute Gasteiger partial charge is 0.239 e. The molecule has 0 bridgehead atoms. The van der Waals surface area contributed by atoms with Gasteiger partial charge in [0.05, 0.1) is 17.1 Å². The molecule has 124 valence electrons. The molecule has 0 spiro atoms. The first kappa shape index (κ1) is 18.4. The van der Waals surface area contributed by atoms with Crippen molar-refractivity contribution in [1.29, 1.82) is 0 Å². The maximum atomic E-state index is 13.8. The lowest BCUT2D eigenvalue weighted by Gasteiger charge is -2.16. The number of hydrogen-bond donors (Lipinski definition) is 3. The third-order valence-corrected chi connectivity index (χ3v) is 3.85. The minimum Gasteiger partial charge on any atom is -0.374 e. The van der Waals surface area contributed by atoms with Crippen molar-refractivity contribution in [2.24, 2.45) is 11.1 Å². The van der Waals surface area contributed by atoms with Gasteiger partial charge >= 0.3 is 0 Å². The first-order chi connectivity index (χ1) is 10.1. The van der Waals surface area contributed by atoms with E-state index in [-0.39, 0.29) is 29.1 Å². The first-order valence-electron chi connectivity index (χ1n) is 6.95. The minimum absolute atomic E-state index is 0.0314. The van der Waals surface area contributed by atoms with Crippen molar-refractivity contribution in [2.75, 3.05) is 11.9 Å². The molecule has 8 heteroatoms. The van der Waals surface area contributed by atoms with Gasteiger partial charge in [0, 0.05) is 6.04 Å². The molecule has 6 nitrogen and oxygen atoms in total. The summed E-state index contributed by atoms with van der Waals surface area (Å²) in [6, 6.07) is 3.26. The van der Waals surface area contributed by atoms with Crippen LogP contribution in [-0.4, -0.2) is 26.9 Å². The number of sulfonamides is 1. The van der Waals surface area contributed by atoms with Crippen LogP contribution in [0.2, 0.25) is 0 Å². The maximum absolute atomic E-state index is 13.8. The molecule has 4 N–H and O–H groups in total. The van der Waals surface area contributed by atoms with Crippen molar-refractivity contribution in [3.05, 3.63) is 24.0 Å². The summed E-state index contributed by atoms with van der Waals surface area (Å²) in [7, 11) is -3.95. The fourth-order valence-electron chi connectivity index (χ4n) is 2.08. The van der Waals surface area contributed by atoms with Crippen molar-refractivity contribution >= 4 is 21.6 Å². The molecular weight excluding hydrogens is 309 g/mol. The van der Waals surface area contributed by atoms with Crippen molar-refractivity contribution in [2.45, 2.75) is 38.1 Å². The molecule has 0 unspecified atom stereocenters. The molecule has 0 fully saturated rings. The zero-order valence-electron chi connectivity index (χ0n) is 12.9. The average Bonchev–Trinajstić information content (AvgIpc) is 2.34. The van der Waals surface area contributed by atoms with Gasteiger partial charge in [-0.2, -0.15) is 0 Å². The van der Waals surface area contributed by atoms with Crippen molar-refractivity contribution < 1.29 is 17.6 Å². The van der Waals surface area contributed by atoms with Crippen LogP contribution < -0.4 is 15.8 Å². The number of amides is 1. The van der Waals surface area contributed by atoms with Gasteiger partial charge in [-0.05, 0) is 37.5 Å². The second-order valence-electron chi connectivity index (χ2n) is 5.64. The van der Waals surface area contributed by atoms with Crippen LogP contribution in [-0.2, 0) is 14.8 Å². The highest BCUT2D eigenvalue weighted by atomic mass is 32.2. The van der Waals surface area contributed by atoms with Crippen LogP contribution in [0.1, 0.15) is 27.2 Å². The molecule has 1 atom stereocenters. The predicted octanol–water partition coefficient (Wildman–Crippen LogP) is 1.44. The van der Waals surface area contributed by atoms with Crippen LogP contribution in [0.3, 0.4) is 0 Å². The summed E-state index contributed by atoms with van der Waals surface area (Å²) in [5, 5.41) is 10.3. The van der Waals surface area contributed by atoms with Crippen LogP contribution in [0.4, 0.5) is 10.1 Å². The monoisotopic (exact) mass is 331 g/mol. The van der Waals surface area contributed by atoms with Gasteiger partial charge in [0.1, 0.15) is 5.82 Å². The van der Waals surface area contributed by atoms with Crippen LogP contribution in [0, 0.1) is 11.7 Å². The van der Waals surface area contributed by atoms with E-state index in [4.69, 9.17) is 5.14 Å². The van der Waals surface area contributed by atoms with Gasteiger partial charge in [0.15, 0.2) is 0 Å². The second-order valence-corrected chi connectivity index (χ2v) is 7.20. The lowest BCUT2D eigenvalue weighted by atomic mass is 10.1. The van der Waals surface area contributed by atoms with Crippen molar-refractivity contribution in [3.63, 3.8) is 0 Å². The number of nitrogens with two attached hydrogens (primary N) is 1. The molecular formula is C14H22FN3O3S. The third kappa shape index (κ3) is 5.98. The Labute approximate surface area is 130 Å². The van der Waals surface area contributed by atoms with Gasteiger partial charge in [-0.25, -0.2) is 17.9 Å². The Bertz CT molecular complexity index is 632. The highest BCUT2D eigenvalue weighted by Crippen LogP contribution is 2.17. The van der Waals surface area contributed by atoms with E-state index in [0.29, 0.717) is 5.92 Å². The fourth-order valence-corrected chi connectivity index (χ4v) is 2.61. The molecule has 0 saturated carbocycles. The Kier molecular flexibility index (Phi) is 6.31. The molecule has 0 saturated heterocycles. The third-order valence-electron chi connectivity index (χ3n) is 2.94. The molecule has 0 aliphatic carbocycles. The number of carbonyl (C=O) groups is 1. The van der Waals surface area contributed by atoms with E-state index in [0.717, 1.165) is 12.5 Å². The molecule has 0 aliphatic rings. The number of carbonyl (C=O) groups excluding carboxylic acids is 1. The van der Waals surface area contributed by atoms with Crippen LogP contribution in [0.25, 0.3) is 0 Å². The quantitative estimate of drug-likeness (QED) is 0.703. The van der Waals surface area contributed by atoms with Crippen molar-refractivity contribution in [3.8, 4) is 0 Å². The van der Waals surface area contributed by atoms with Gasteiger partial charge in [0.25, 0.3) is 0 Å². The highest BCUT2D eigenvalue weighted by molar-refractivity contribution is 7.89. The molecule has 0 radical (unpaired) electrons. The van der Waals surface area contributed by atoms with Crippen LogP contribution in [0.5, 0.6) is 0 Å². The second kappa shape index (κ2) is 7.55. The fraction of sp³-hybridized carbons (Fsp3) is 0.500. The van der Waals surface area contributed by atoms with Crippen molar-refractivity contribution in [1.82, 2.24) is 5.32 Å². The Hall–Kier alpha value is -1.67. The van der Waals surface area contributed by atoms with E-state index < -0.39 is 15.8 Å². The minimum atomic E-state index is -3.95. The van der Waals surface area contributed by atoms with E-state index in [1.165, 1.54) is 12.1 Å². The van der Waals surface area contributed by atoms with E-state index in [2.05, 4.69) is 24.5 Å². The molecule has 22 heavy (non-hydrogen) atoms. The van der Waals surface area contributed by atoms with Gasteiger partial charge in [-0.3, -0.25) is 4.79 Å². The zero-order valence-corrected chi connectivity index (χ0v) is 13.7. The SMILES string of the molecule is CC(C)C[C@H](C)NC(=O)CNc1ccc(S(N)(=O)=O)cc1F. The predicted molar refractivity (Wildman–Crippen MR) is 83.3 cm³/mol. The molecule has 0 heterocycles. The number of hydrogen-bond acceptors (Lipinski definition) is 4. The molecule has 1 rings (SSSR count). The number of nitrogens with one attached hydrogen (secondary N) is 2. The normalized spacial score (nSPS) is 13.0. The summed E-state index contributed by atoms with van der Waals surface area (Å²) in [5.74, 6) is -0.580. The van der Waals surface area contributed by atoms with E-state index >= 15 is 0 Å². The Morgan fingerprint density at radius 3 is 2.45 bits per heavy atom. The number of rotatable bonds is 7. The number of anilines is 1. The first-order valence-corrected chi connectivity index (χ1v) is 8.49. The number of halogens is 1. The lowest BCUT2D eigenvalue weighted by molar-refractivity contribution is -0.120.